The van der Waals surface area contributed by atoms with Crippen LogP contribution in [0, 0.1) is 22.7 Å². The molecule has 3 N–H and O–H groups in total. The van der Waals surface area contributed by atoms with Crippen molar-refractivity contribution in [3.63, 3.8) is 0 Å². The fourth-order valence-corrected chi connectivity index (χ4v) is 9.95. The van der Waals surface area contributed by atoms with Crippen LogP contribution in [0.15, 0.2) is 23.3 Å². The molecule has 3 fully saturated rings. The number of allylic oxidation sites excluding steroid dienone is 1. The maximum absolute atomic E-state index is 14.0. The van der Waals surface area contributed by atoms with Crippen molar-refractivity contribution in [2.24, 2.45) is 22.7 Å². The number of aliphatic hydroxyl groups is 3. The van der Waals surface area contributed by atoms with Gasteiger partial charge in [-0.25, -0.2) is 4.79 Å². The first kappa shape index (κ1) is 32.3. The van der Waals surface area contributed by atoms with E-state index in [9.17, 15) is 29.7 Å². The topological polar surface area (TPSA) is 140 Å². The summed E-state index contributed by atoms with van der Waals surface area (Å²) in [6.45, 7) is 12.6. The number of carbonyl (C=O) groups is 3. The number of ether oxygens (including phenoxy) is 3. The molecule has 10 atom stereocenters. The van der Waals surface area contributed by atoms with Gasteiger partial charge in [-0.15, -0.1) is 0 Å². The van der Waals surface area contributed by atoms with Gasteiger partial charge in [0.2, 0.25) is 0 Å². The van der Waals surface area contributed by atoms with Crippen LogP contribution >= 0.6 is 0 Å². The zero-order valence-electron chi connectivity index (χ0n) is 26.8. The van der Waals surface area contributed by atoms with Crippen molar-refractivity contribution < 1.29 is 43.9 Å². The fraction of sp³-hybridized carbons (Fsp3) is 0.794. The van der Waals surface area contributed by atoms with Gasteiger partial charge >= 0.3 is 11.9 Å². The first-order valence-corrected chi connectivity index (χ1v) is 16.0. The van der Waals surface area contributed by atoms with Crippen LogP contribution in [0.25, 0.3) is 0 Å². The highest BCUT2D eigenvalue weighted by Gasteiger charge is 2.79. The van der Waals surface area contributed by atoms with Gasteiger partial charge in [0.1, 0.15) is 29.0 Å². The zero-order chi connectivity index (χ0) is 31.8. The van der Waals surface area contributed by atoms with Crippen LogP contribution in [0.3, 0.4) is 0 Å². The van der Waals surface area contributed by atoms with Gasteiger partial charge < -0.3 is 29.5 Å². The molecule has 0 radical (unpaired) electrons. The van der Waals surface area contributed by atoms with E-state index in [1.807, 2.05) is 26.8 Å². The second kappa shape index (κ2) is 10.5. The molecule has 0 saturated heterocycles. The average molecular weight is 603 g/mol. The van der Waals surface area contributed by atoms with Gasteiger partial charge in [0.15, 0.2) is 5.78 Å². The molecule has 0 spiro atoms. The SMILES string of the molecule is CCCCOC12CC=CC(=O)C1(C)C1CCC3(C)C(O)(CCC3(O)C(C)(O)C3CC(C)=C(C)C(=O)O3)C1CC2OC(C)=O. The summed E-state index contributed by atoms with van der Waals surface area (Å²) in [5.41, 5.74) is -7.28. The molecule has 0 aromatic rings. The van der Waals surface area contributed by atoms with E-state index in [2.05, 4.69) is 6.92 Å². The average Bonchev–Trinajstić information content (AvgIpc) is 3.16. The number of rotatable bonds is 7. The van der Waals surface area contributed by atoms with Crippen LogP contribution in [0.1, 0.15) is 106 Å². The Labute approximate surface area is 255 Å². The van der Waals surface area contributed by atoms with E-state index in [4.69, 9.17) is 14.2 Å². The fourth-order valence-electron chi connectivity index (χ4n) is 9.95. The first-order chi connectivity index (χ1) is 20.0. The summed E-state index contributed by atoms with van der Waals surface area (Å²) in [5, 5.41) is 37.6. The van der Waals surface area contributed by atoms with Crippen molar-refractivity contribution >= 4 is 17.7 Å². The molecule has 9 heteroatoms. The number of ketones is 1. The summed E-state index contributed by atoms with van der Waals surface area (Å²) in [6.07, 6.45) is 5.34. The quantitative estimate of drug-likeness (QED) is 0.290. The first-order valence-electron chi connectivity index (χ1n) is 16.0. The molecular formula is C34H50O9. The number of hydrogen-bond donors (Lipinski definition) is 3. The second-order valence-electron chi connectivity index (χ2n) is 14.6. The van der Waals surface area contributed by atoms with Gasteiger partial charge in [0, 0.05) is 30.9 Å². The smallest absolute Gasteiger partial charge is 0.334 e. The van der Waals surface area contributed by atoms with Crippen LogP contribution in [0.5, 0.6) is 0 Å². The van der Waals surface area contributed by atoms with E-state index >= 15 is 0 Å². The van der Waals surface area contributed by atoms with Crippen molar-refractivity contribution in [2.45, 2.75) is 141 Å². The number of esters is 2. The van der Waals surface area contributed by atoms with Crippen molar-refractivity contribution in [3.8, 4) is 0 Å². The lowest BCUT2D eigenvalue weighted by Gasteiger charge is -2.67. The Balaban J connectivity index is 1.58. The molecule has 43 heavy (non-hydrogen) atoms. The summed E-state index contributed by atoms with van der Waals surface area (Å²) in [7, 11) is 0. The zero-order valence-corrected chi connectivity index (χ0v) is 26.8. The van der Waals surface area contributed by atoms with E-state index in [-0.39, 0.29) is 37.4 Å². The third-order valence-electron chi connectivity index (χ3n) is 12.9. The molecule has 9 nitrogen and oxygen atoms in total. The Morgan fingerprint density at radius 2 is 1.84 bits per heavy atom. The van der Waals surface area contributed by atoms with Gasteiger partial charge in [0.25, 0.3) is 0 Å². The Kier molecular flexibility index (Phi) is 7.89. The van der Waals surface area contributed by atoms with Gasteiger partial charge in [-0.1, -0.05) is 31.9 Å². The maximum atomic E-state index is 14.0. The largest absolute Gasteiger partial charge is 0.459 e. The minimum Gasteiger partial charge on any atom is -0.459 e. The van der Waals surface area contributed by atoms with E-state index in [0.717, 1.165) is 18.4 Å². The molecular weight excluding hydrogens is 552 g/mol. The summed E-state index contributed by atoms with van der Waals surface area (Å²) >= 11 is 0. The molecule has 0 aromatic carbocycles. The maximum Gasteiger partial charge on any atom is 0.334 e. The van der Waals surface area contributed by atoms with Gasteiger partial charge in [-0.2, -0.15) is 0 Å². The molecule has 10 unspecified atom stereocenters. The van der Waals surface area contributed by atoms with Crippen LogP contribution in [-0.2, 0) is 28.6 Å². The summed E-state index contributed by atoms with van der Waals surface area (Å²) in [4.78, 5) is 39.1. The standard InChI is InChI=1S/C34H50O9/c1-8-9-17-41-33-13-10-11-25(36)30(33,6)23-12-14-29(5)32(39,24(23)19-27(33)42-22(4)35)15-16-34(29,40)31(7,38)26-18-20(2)21(3)28(37)43-26/h10-11,23-24,26-27,38-40H,8-9,12-19H2,1-7H3. The van der Waals surface area contributed by atoms with E-state index in [0.29, 0.717) is 31.4 Å². The van der Waals surface area contributed by atoms with Crippen molar-refractivity contribution in [2.75, 3.05) is 6.61 Å². The highest BCUT2D eigenvalue weighted by Crippen LogP contribution is 2.72. The lowest BCUT2D eigenvalue weighted by Crippen LogP contribution is -2.76. The summed E-state index contributed by atoms with van der Waals surface area (Å²) in [5.74, 6) is -1.96. The summed E-state index contributed by atoms with van der Waals surface area (Å²) < 4.78 is 18.3. The number of carbonyl (C=O) groups excluding carboxylic acids is 3. The molecule has 240 valence electrons. The lowest BCUT2D eigenvalue weighted by molar-refractivity contribution is -0.307. The Hall–Kier alpha value is -2.07. The van der Waals surface area contributed by atoms with E-state index in [1.165, 1.54) is 13.8 Å². The molecule has 4 aliphatic carbocycles. The Morgan fingerprint density at radius 3 is 2.47 bits per heavy atom. The molecule has 3 saturated carbocycles. The van der Waals surface area contributed by atoms with Crippen LogP contribution in [0.4, 0.5) is 0 Å². The molecule has 1 aliphatic heterocycles. The van der Waals surface area contributed by atoms with Crippen LogP contribution in [-0.4, -0.2) is 74.3 Å². The summed E-state index contributed by atoms with van der Waals surface area (Å²) in [6, 6.07) is 0. The molecule has 1 heterocycles. The van der Waals surface area contributed by atoms with Crippen molar-refractivity contribution in [1.29, 1.82) is 0 Å². The minimum absolute atomic E-state index is 0.0763. The van der Waals surface area contributed by atoms with Gasteiger partial charge in [-0.05, 0) is 90.6 Å². The number of fused-ring (bicyclic) bond motifs is 5. The van der Waals surface area contributed by atoms with Gasteiger partial charge in [0.05, 0.1) is 11.0 Å². The number of unbranched alkanes of at least 4 members (excludes halogenated alkanes) is 1. The predicted octanol–water partition coefficient (Wildman–Crippen LogP) is 4.10. The van der Waals surface area contributed by atoms with Gasteiger partial charge in [-0.3, -0.25) is 9.59 Å². The molecule has 5 rings (SSSR count). The van der Waals surface area contributed by atoms with Crippen molar-refractivity contribution in [1.82, 2.24) is 0 Å². The Morgan fingerprint density at radius 1 is 1.14 bits per heavy atom. The number of cyclic esters (lactones) is 1. The minimum atomic E-state index is -1.87. The van der Waals surface area contributed by atoms with E-state index in [1.54, 1.807) is 13.0 Å². The van der Waals surface area contributed by atoms with Crippen LogP contribution < -0.4 is 0 Å². The molecule has 0 aromatic heterocycles. The Bertz CT molecular complexity index is 1250. The molecule has 0 bridgehead atoms. The highest BCUT2D eigenvalue weighted by molar-refractivity contribution is 5.97. The molecule has 0 amide bonds. The number of hydrogen-bond acceptors (Lipinski definition) is 9. The third kappa shape index (κ3) is 4.13. The monoisotopic (exact) mass is 602 g/mol. The van der Waals surface area contributed by atoms with Crippen LogP contribution in [0.2, 0.25) is 0 Å². The predicted molar refractivity (Wildman–Crippen MR) is 158 cm³/mol. The normalized spacial score (nSPS) is 45.5. The molecule has 5 aliphatic rings. The highest BCUT2D eigenvalue weighted by atomic mass is 16.6. The third-order valence-corrected chi connectivity index (χ3v) is 12.9. The van der Waals surface area contributed by atoms with E-state index < -0.39 is 63.3 Å². The lowest BCUT2D eigenvalue weighted by atomic mass is 9.41. The second-order valence-corrected chi connectivity index (χ2v) is 14.6. The van der Waals surface area contributed by atoms with Crippen molar-refractivity contribution in [3.05, 3.63) is 23.3 Å².